The lowest BCUT2D eigenvalue weighted by molar-refractivity contribution is 0.417. The molecule has 74 valence electrons. The maximum atomic E-state index is 5.67. The molecule has 3 N–H and O–H groups in total. The molecule has 2 aromatic rings. The quantitative estimate of drug-likeness (QED) is 0.602. The third kappa shape index (κ3) is 1.40. The number of aromatic amines is 1. The van der Waals surface area contributed by atoms with Gasteiger partial charge in [0, 0.05) is 11.4 Å². The molecule has 0 aromatic carbocycles. The lowest BCUT2D eigenvalue weighted by atomic mass is 10.4. The normalized spacial score (nSPS) is 10.4. The molecule has 0 bridgehead atoms. The van der Waals surface area contributed by atoms with E-state index in [0.717, 1.165) is 10.6 Å². The van der Waals surface area contributed by atoms with E-state index in [4.69, 9.17) is 22.8 Å². The first-order chi connectivity index (χ1) is 6.72. The molecule has 7 heteroatoms. The van der Waals surface area contributed by atoms with Crippen LogP contribution in [0.15, 0.2) is 11.4 Å². The van der Waals surface area contributed by atoms with Gasteiger partial charge >= 0.3 is 0 Å². The highest BCUT2D eigenvalue weighted by Gasteiger charge is 2.09. The van der Waals surface area contributed by atoms with Crippen molar-refractivity contribution in [2.24, 2.45) is 0 Å². The van der Waals surface area contributed by atoms with Crippen molar-refractivity contribution >= 4 is 23.6 Å². The van der Waals surface area contributed by atoms with E-state index in [1.54, 1.807) is 7.11 Å². The van der Waals surface area contributed by atoms with Crippen molar-refractivity contribution in [1.82, 2.24) is 14.9 Å². The highest BCUT2D eigenvalue weighted by molar-refractivity contribution is 7.71. The third-order valence-electron chi connectivity index (χ3n) is 1.74. The Morgan fingerprint density at radius 2 is 2.50 bits per heavy atom. The molecule has 0 aliphatic heterocycles. The first-order valence-electron chi connectivity index (χ1n) is 3.77. The van der Waals surface area contributed by atoms with E-state index in [9.17, 15) is 0 Å². The summed E-state index contributed by atoms with van der Waals surface area (Å²) in [6.45, 7) is 0. The molecule has 2 aromatic heterocycles. The predicted octanol–water partition coefficient (Wildman–Crippen LogP) is 1.39. The number of nitrogen functional groups attached to an aromatic ring is 1. The van der Waals surface area contributed by atoms with Crippen LogP contribution in [0.2, 0.25) is 0 Å². The molecule has 0 aliphatic carbocycles. The lowest BCUT2D eigenvalue weighted by Crippen LogP contribution is -2.09. The Bertz CT molecular complexity index is 498. The van der Waals surface area contributed by atoms with Crippen LogP contribution in [0.25, 0.3) is 10.7 Å². The summed E-state index contributed by atoms with van der Waals surface area (Å²) in [4.78, 5) is 0.914. The summed E-state index contributed by atoms with van der Waals surface area (Å²) in [5.74, 6) is 7.07. The Kier molecular flexibility index (Phi) is 2.26. The van der Waals surface area contributed by atoms with Crippen LogP contribution in [0.1, 0.15) is 0 Å². The van der Waals surface area contributed by atoms with Gasteiger partial charge in [-0.1, -0.05) is 0 Å². The van der Waals surface area contributed by atoms with Crippen molar-refractivity contribution in [2.45, 2.75) is 0 Å². The number of methoxy groups -OCH3 is 1. The molecular formula is C7H8N4OS2. The van der Waals surface area contributed by atoms with Gasteiger partial charge in [-0.2, -0.15) is 5.10 Å². The molecular weight excluding hydrogens is 220 g/mol. The Morgan fingerprint density at radius 1 is 1.71 bits per heavy atom. The standard InChI is InChI=1S/C7H8N4OS2/c1-12-4-2-5(14-3-4)6-9-10-7(13)11(6)8/h2-3H,8H2,1H3,(H,10,13). The van der Waals surface area contributed by atoms with Gasteiger partial charge in [0.2, 0.25) is 4.77 Å². The van der Waals surface area contributed by atoms with Gasteiger partial charge in [0.1, 0.15) is 5.75 Å². The van der Waals surface area contributed by atoms with Crippen LogP contribution in [0.3, 0.4) is 0 Å². The van der Waals surface area contributed by atoms with E-state index in [-0.39, 0.29) is 0 Å². The highest BCUT2D eigenvalue weighted by atomic mass is 32.1. The fourth-order valence-electron chi connectivity index (χ4n) is 1.02. The second-order valence-electron chi connectivity index (χ2n) is 2.57. The van der Waals surface area contributed by atoms with E-state index in [0.29, 0.717) is 10.6 Å². The minimum Gasteiger partial charge on any atom is -0.496 e. The molecule has 0 fully saturated rings. The van der Waals surface area contributed by atoms with Crippen LogP contribution in [0.5, 0.6) is 5.75 Å². The SMILES string of the molecule is COc1csc(-c2n[nH]c(=S)n2N)c1. The number of hydrogen-bond acceptors (Lipinski definition) is 5. The van der Waals surface area contributed by atoms with E-state index in [1.807, 2.05) is 11.4 Å². The average molecular weight is 228 g/mol. The second-order valence-corrected chi connectivity index (χ2v) is 3.87. The minimum absolute atomic E-state index is 0.396. The molecule has 0 amide bonds. The van der Waals surface area contributed by atoms with Crippen molar-refractivity contribution < 1.29 is 4.74 Å². The molecule has 0 spiro atoms. The Hall–Kier alpha value is -1.34. The number of nitrogens with zero attached hydrogens (tertiary/aromatic N) is 2. The van der Waals surface area contributed by atoms with Gasteiger partial charge in [0.05, 0.1) is 12.0 Å². The van der Waals surface area contributed by atoms with Gasteiger partial charge in [-0.3, -0.25) is 0 Å². The highest BCUT2D eigenvalue weighted by Crippen LogP contribution is 2.28. The lowest BCUT2D eigenvalue weighted by Gasteiger charge is -1.94. The van der Waals surface area contributed by atoms with E-state index < -0.39 is 0 Å². The van der Waals surface area contributed by atoms with Crippen molar-refractivity contribution in [3.05, 3.63) is 16.2 Å². The van der Waals surface area contributed by atoms with Crippen LogP contribution in [0.4, 0.5) is 0 Å². The molecule has 0 saturated heterocycles. The molecule has 2 heterocycles. The number of aromatic nitrogens is 3. The van der Waals surface area contributed by atoms with Gasteiger partial charge in [0.15, 0.2) is 5.82 Å². The smallest absolute Gasteiger partial charge is 0.214 e. The predicted molar refractivity (Wildman–Crippen MR) is 57.4 cm³/mol. The fraction of sp³-hybridized carbons (Fsp3) is 0.143. The molecule has 0 saturated carbocycles. The first-order valence-corrected chi connectivity index (χ1v) is 5.06. The van der Waals surface area contributed by atoms with Crippen LogP contribution >= 0.6 is 23.6 Å². The van der Waals surface area contributed by atoms with Gasteiger partial charge in [-0.05, 0) is 12.2 Å². The van der Waals surface area contributed by atoms with Gasteiger partial charge in [0.25, 0.3) is 0 Å². The number of rotatable bonds is 2. The summed E-state index contributed by atoms with van der Waals surface area (Å²) in [6.07, 6.45) is 0. The Morgan fingerprint density at radius 3 is 3.00 bits per heavy atom. The zero-order valence-electron chi connectivity index (χ0n) is 7.35. The topological polar surface area (TPSA) is 68.9 Å². The van der Waals surface area contributed by atoms with Crippen LogP contribution in [-0.2, 0) is 0 Å². The summed E-state index contributed by atoms with van der Waals surface area (Å²) < 4.78 is 6.79. The molecule has 2 rings (SSSR count). The summed E-state index contributed by atoms with van der Waals surface area (Å²) in [6, 6.07) is 1.86. The number of nitrogens with two attached hydrogens (primary N) is 1. The summed E-state index contributed by atoms with van der Waals surface area (Å²) >= 11 is 6.40. The van der Waals surface area contributed by atoms with Gasteiger partial charge in [-0.25, -0.2) is 9.77 Å². The summed E-state index contributed by atoms with van der Waals surface area (Å²) in [5.41, 5.74) is 0. The summed E-state index contributed by atoms with van der Waals surface area (Å²) in [5, 5.41) is 8.51. The van der Waals surface area contributed by atoms with E-state index >= 15 is 0 Å². The first kappa shape index (κ1) is 9.22. The fourth-order valence-corrected chi connectivity index (χ4v) is 1.99. The Labute approximate surface area is 89.1 Å². The van der Waals surface area contributed by atoms with Gasteiger partial charge < -0.3 is 10.6 Å². The molecule has 0 atom stereocenters. The Balaban J connectivity index is 2.49. The third-order valence-corrected chi connectivity index (χ3v) is 2.93. The van der Waals surface area contributed by atoms with Gasteiger partial charge in [-0.15, -0.1) is 11.3 Å². The number of H-pyrrole nitrogens is 1. The number of nitrogens with one attached hydrogen (secondary N) is 1. The molecule has 14 heavy (non-hydrogen) atoms. The van der Waals surface area contributed by atoms with Crippen molar-refractivity contribution in [2.75, 3.05) is 13.0 Å². The molecule has 0 aliphatic rings. The number of ether oxygens (including phenoxy) is 1. The maximum Gasteiger partial charge on any atom is 0.214 e. The zero-order valence-corrected chi connectivity index (χ0v) is 8.98. The van der Waals surface area contributed by atoms with Crippen molar-refractivity contribution in [3.8, 4) is 16.5 Å². The monoisotopic (exact) mass is 228 g/mol. The maximum absolute atomic E-state index is 5.67. The zero-order chi connectivity index (χ0) is 10.1. The minimum atomic E-state index is 0.396. The number of hydrogen-bond donors (Lipinski definition) is 2. The van der Waals surface area contributed by atoms with Crippen LogP contribution in [-0.4, -0.2) is 22.0 Å². The van der Waals surface area contributed by atoms with Crippen molar-refractivity contribution in [3.63, 3.8) is 0 Å². The second kappa shape index (κ2) is 3.43. The van der Waals surface area contributed by atoms with E-state index in [2.05, 4.69) is 10.2 Å². The van der Waals surface area contributed by atoms with Crippen LogP contribution in [0, 0.1) is 4.77 Å². The van der Waals surface area contributed by atoms with Crippen LogP contribution < -0.4 is 10.6 Å². The number of thiophene rings is 1. The average Bonchev–Trinajstić information content (AvgIpc) is 2.75. The van der Waals surface area contributed by atoms with E-state index in [1.165, 1.54) is 16.0 Å². The summed E-state index contributed by atoms with van der Waals surface area (Å²) in [7, 11) is 1.62. The molecule has 5 nitrogen and oxygen atoms in total. The van der Waals surface area contributed by atoms with Crippen molar-refractivity contribution in [1.29, 1.82) is 0 Å². The molecule has 0 unspecified atom stereocenters. The largest absolute Gasteiger partial charge is 0.496 e. The molecule has 0 radical (unpaired) electrons.